The van der Waals surface area contributed by atoms with E-state index in [1.54, 1.807) is 19.1 Å². The summed E-state index contributed by atoms with van der Waals surface area (Å²) in [5.74, 6) is -1.61. The van der Waals surface area contributed by atoms with Gasteiger partial charge in [-0.05, 0) is 36.8 Å². The maximum Gasteiger partial charge on any atom is 0.295 e. The lowest BCUT2D eigenvalue weighted by atomic mass is 9.99. The van der Waals surface area contributed by atoms with Crippen LogP contribution >= 0.6 is 0 Å². The first-order valence-electron chi connectivity index (χ1n) is 10.5. The Hall–Kier alpha value is -2.97. The summed E-state index contributed by atoms with van der Waals surface area (Å²) in [7, 11) is 0. The summed E-state index contributed by atoms with van der Waals surface area (Å²) in [6.07, 6.45) is 0.683. The standard InChI is InChI=1S/C23H25FN2O5/c1-15-3-8-18(31-15)20-19(21(27)16-4-6-17(24)7-5-16)22(28)23(29)26(20)10-2-9-25-11-13-30-14-12-25/h3-8,20,27H,2,9-14H2,1H3. The summed E-state index contributed by atoms with van der Waals surface area (Å²) in [4.78, 5) is 28.5. The predicted molar refractivity (Wildman–Crippen MR) is 107 cm³/mol. The third-order valence-corrected chi connectivity index (χ3v) is 5.80. The van der Waals surface area contributed by atoms with Crippen LogP contribution in [0.2, 0.25) is 0 Å². The normalized spacial score (nSPS) is 21.7. The average molecular weight is 428 g/mol. The first-order chi connectivity index (χ1) is 15.0. The van der Waals surface area contributed by atoms with Gasteiger partial charge < -0.3 is 24.1 Å². The van der Waals surface area contributed by atoms with Gasteiger partial charge in [-0.2, -0.15) is 0 Å². The van der Waals surface area contributed by atoms with Gasteiger partial charge in [-0.25, -0.2) is 4.39 Å². The third-order valence-electron chi connectivity index (χ3n) is 5.80. The van der Waals surface area contributed by atoms with Crippen molar-refractivity contribution >= 4 is 17.4 Å². The van der Waals surface area contributed by atoms with Gasteiger partial charge in [-0.1, -0.05) is 17.9 Å². The van der Waals surface area contributed by atoms with Gasteiger partial charge in [0, 0.05) is 18.5 Å². The molecular weight excluding hydrogens is 403 g/mol. The van der Waals surface area contributed by atoms with Gasteiger partial charge in [-0.3, -0.25) is 9.59 Å². The molecule has 164 valence electrons. The number of hydrogen-bond acceptors (Lipinski definition) is 5. The number of aryl methyl sites for hydroxylation is 1. The van der Waals surface area contributed by atoms with Crippen LogP contribution in [0.4, 0.5) is 4.39 Å². The molecule has 2 saturated heterocycles. The van der Waals surface area contributed by atoms with Gasteiger partial charge in [0.2, 0.25) is 5.78 Å². The van der Waals surface area contributed by atoms with Crippen LogP contribution in [0.5, 0.6) is 0 Å². The van der Waals surface area contributed by atoms with Crippen LogP contribution in [0.1, 0.15) is 29.5 Å². The van der Waals surface area contributed by atoms with E-state index in [0.29, 0.717) is 24.5 Å². The number of quaternary nitrogens is 1. The number of furan rings is 1. The number of hydrogen-bond donors (Lipinski definition) is 1. The average Bonchev–Trinajstić information content (AvgIpc) is 3.30. The summed E-state index contributed by atoms with van der Waals surface area (Å²) in [5, 5.41) is 13.2. The van der Waals surface area contributed by atoms with Crippen molar-refractivity contribution in [2.24, 2.45) is 0 Å². The highest BCUT2D eigenvalue weighted by Gasteiger charge is 2.45. The maximum absolute atomic E-state index is 13.3. The number of likely N-dealkylation sites (tertiary alicyclic amines) is 1. The minimum atomic E-state index is -0.883. The van der Waals surface area contributed by atoms with E-state index in [-0.39, 0.29) is 11.1 Å². The molecule has 2 aromatic rings. The molecule has 2 fully saturated rings. The summed E-state index contributed by atoms with van der Waals surface area (Å²) in [6, 6.07) is 7.48. The number of Topliss-reactive ketones (excluding diaryl/α,β-unsaturated/α-hetero) is 1. The molecule has 0 radical (unpaired) electrons. The number of amides is 1. The number of ketones is 1. The molecule has 1 N–H and O–H groups in total. The van der Waals surface area contributed by atoms with E-state index in [1.165, 1.54) is 21.9 Å². The molecule has 31 heavy (non-hydrogen) atoms. The predicted octanol–water partition coefficient (Wildman–Crippen LogP) is 0.256. The lowest BCUT2D eigenvalue weighted by Crippen LogP contribution is -3.14. The highest BCUT2D eigenvalue weighted by molar-refractivity contribution is 6.46. The molecule has 0 spiro atoms. The van der Waals surface area contributed by atoms with E-state index in [1.807, 2.05) is 0 Å². The van der Waals surface area contributed by atoms with Gasteiger partial charge in [-0.15, -0.1) is 0 Å². The second kappa shape index (κ2) is 9.03. The van der Waals surface area contributed by atoms with E-state index in [4.69, 9.17) is 9.15 Å². The van der Waals surface area contributed by atoms with Crippen molar-refractivity contribution in [3.63, 3.8) is 0 Å². The van der Waals surface area contributed by atoms with E-state index in [2.05, 4.69) is 0 Å². The minimum Gasteiger partial charge on any atom is -0.872 e. The lowest BCUT2D eigenvalue weighted by Gasteiger charge is -2.27. The number of halogens is 1. The molecule has 0 saturated carbocycles. The van der Waals surface area contributed by atoms with Crippen molar-refractivity contribution in [3.8, 4) is 0 Å². The van der Waals surface area contributed by atoms with Gasteiger partial charge in [0.15, 0.2) is 0 Å². The molecule has 3 heterocycles. The quantitative estimate of drug-likeness (QED) is 0.405. The SMILES string of the molecule is Cc1ccc(C2C(=C([O-])c3ccc(F)cc3)C(=O)C(=O)N2CCC[NH+]2CCOCC2)o1. The van der Waals surface area contributed by atoms with E-state index in [9.17, 15) is 19.1 Å². The molecule has 0 aliphatic carbocycles. The third kappa shape index (κ3) is 4.40. The topological polar surface area (TPSA) is 87.2 Å². The number of carbonyl (C=O) groups excluding carboxylic acids is 2. The Labute approximate surface area is 179 Å². The fourth-order valence-electron chi connectivity index (χ4n) is 4.16. The molecule has 1 amide bonds. The van der Waals surface area contributed by atoms with Gasteiger partial charge in [0.05, 0.1) is 19.8 Å². The van der Waals surface area contributed by atoms with Crippen LogP contribution in [-0.2, 0) is 14.3 Å². The molecule has 0 bridgehead atoms. The fourth-order valence-corrected chi connectivity index (χ4v) is 4.16. The van der Waals surface area contributed by atoms with Gasteiger partial charge in [0.1, 0.15) is 36.5 Å². The first-order valence-corrected chi connectivity index (χ1v) is 10.5. The number of benzene rings is 1. The maximum atomic E-state index is 13.3. The molecule has 1 aromatic heterocycles. The summed E-state index contributed by atoms with van der Waals surface area (Å²) >= 11 is 0. The largest absolute Gasteiger partial charge is 0.872 e. The number of nitrogens with zero attached hydrogens (tertiary/aromatic N) is 1. The van der Waals surface area contributed by atoms with Crippen LogP contribution in [0.15, 0.2) is 46.4 Å². The van der Waals surface area contributed by atoms with Crippen molar-refractivity contribution < 1.29 is 33.1 Å². The Balaban J connectivity index is 1.64. The van der Waals surface area contributed by atoms with Crippen LogP contribution in [0.25, 0.3) is 5.76 Å². The zero-order valence-corrected chi connectivity index (χ0v) is 17.4. The number of morpholine rings is 1. The molecule has 1 atom stereocenters. The zero-order valence-electron chi connectivity index (χ0n) is 17.4. The van der Waals surface area contributed by atoms with Crippen LogP contribution in [0, 0.1) is 12.7 Å². The Bertz CT molecular complexity index is 992. The van der Waals surface area contributed by atoms with Gasteiger partial charge in [0.25, 0.3) is 5.91 Å². The Morgan fingerprint density at radius 2 is 1.87 bits per heavy atom. The summed E-state index contributed by atoms with van der Waals surface area (Å²) in [5.41, 5.74) is 0.00937. The van der Waals surface area contributed by atoms with Crippen molar-refractivity contribution in [2.45, 2.75) is 19.4 Å². The lowest BCUT2D eigenvalue weighted by molar-refractivity contribution is -0.908. The van der Waals surface area contributed by atoms with Gasteiger partial charge >= 0.3 is 0 Å². The van der Waals surface area contributed by atoms with Crippen LogP contribution in [0.3, 0.4) is 0 Å². The van der Waals surface area contributed by atoms with Crippen molar-refractivity contribution in [1.29, 1.82) is 0 Å². The van der Waals surface area contributed by atoms with Crippen LogP contribution in [-0.4, -0.2) is 56.0 Å². The van der Waals surface area contributed by atoms with Crippen molar-refractivity contribution in [2.75, 3.05) is 39.4 Å². The van der Waals surface area contributed by atoms with E-state index < -0.39 is 29.3 Å². The monoisotopic (exact) mass is 428 g/mol. The molecule has 8 heteroatoms. The minimum absolute atomic E-state index is 0.148. The molecule has 2 aliphatic rings. The second-order valence-corrected chi connectivity index (χ2v) is 7.89. The fraction of sp³-hybridized carbons (Fsp3) is 0.391. The molecular formula is C23H25FN2O5. The van der Waals surface area contributed by atoms with Crippen molar-refractivity contribution in [1.82, 2.24) is 4.90 Å². The van der Waals surface area contributed by atoms with Crippen molar-refractivity contribution in [3.05, 3.63) is 64.9 Å². The number of carbonyl (C=O) groups is 2. The first kappa shape index (κ1) is 21.3. The number of ether oxygens (including phenoxy) is 1. The molecule has 2 aliphatic heterocycles. The Morgan fingerprint density at radius 3 is 2.52 bits per heavy atom. The molecule has 7 nitrogen and oxygen atoms in total. The highest BCUT2D eigenvalue weighted by Crippen LogP contribution is 2.39. The molecule has 1 unspecified atom stereocenters. The zero-order chi connectivity index (χ0) is 22.0. The van der Waals surface area contributed by atoms with E-state index in [0.717, 1.165) is 45.0 Å². The Kier molecular flexibility index (Phi) is 6.20. The smallest absolute Gasteiger partial charge is 0.295 e. The molecule has 1 aromatic carbocycles. The summed E-state index contributed by atoms with van der Waals surface area (Å²) in [6.45, 7) is 6.19. The number of rotatable bonds is 6. The number of nitrogens with one attached hydrogen (secondary N) is 1. The Morgan fingerprint density at radius 1 is 1.16 bits per heavy atom. The van der Waals surface area contributed by atoms with Crippen LogP contribution < -0.4 is 10.0 Å². The molecule has 4 rings (SSSR count). The highest BCUT2D eigenvalue weighted by atomic mass is 19.1. The second-order valence-electron chi connectivity index (χ2n) is 7.89. The summed E-state index contributed by atoms with van der Waals surface area (Å²) < 4.78 is 24.4. The van der Waals surface area contributed by atoms with E-state index >= 15 is 0 Å².